The number of hydrogen-bond donors (Lipinski definition) is 1. The van der Waals surface area contributed by atoms with Crippen LogP contribution in [0.2, 0.25) is 0 Å². The van der Waals surface area contributed by atoms with Gasteiger partial charge in [0, 0.05) is 11.6 Å². The van der Waals surface area contributed by atoms with Crippen LogP contribution in [0.5, 0.6) is 0 Å². The zero-order chi connectivity index (χ0) is 13.2. The summed E-state index contributed by atoms with van der Waals surface area (Å²) in [5, 5.41) is 10.9. The molecule has 0 aliphatic carbocycles. The highest BCUT2D eigenvalue weighted by Gasteiger charge is 2.16. The SMILES string of the molecule is Cc1nonc1C(=O)Nc1cccc2cccnc12. The molecule has 2 heterocycles. The number of anilines is 1. The second-order valence-corrected chi connectivity index (χ2v) is 4.03. The second-order valence-electron chi connectivity index (χ2n) is 4.03. The summed E-state index contributed by atoms with van der Waals surface area (Å²) in [6, 6.07) is 9.35. The first-order valence-electron chi connectivity index (χ1n) is 5.70. The maximum atomic E-state index is 12.0. The van der Waals surface area contributed by atoms with Crippen LogP contribution in [0.3, 0.4) is 0 Å². The molecule has 2 aromatic heterocycles. The van der Waals surface area contributed by atoms with E-state index in [9.17, 15) is 4.79 Å². The minimum atomic E-state index is -0.364. The molecule has 0 aliphatic rings. The zero-order valence-electron chi connectivity index (χ0n) is 10.1. The highest BCUT2D eigenvalue weighted by molar-refractivity contribution is 6.07. The first kappa shape index (κ1) is 11.3. The van der Waals surface area contributed by atoms with Crippen LogP contribution >= 0.6 is 0 Å². The van der Waals surface area contributed by atoms with Crippen molar-refractivity contribution in [3.05, 3.63) is 47.9 Å². The van der Waals surface area contributed by atoms with E-state index in [2.05, 4.69) is 25.2 Å². The Morgan fingerprint density at radius 3 is 2.84 bits per heavy atom. The molecule has 0 bridgehead atoms. The summed E-state index contributed by atoms with van der Waals surface area (Å²) in [6.45, 7) is 1.66. The Morgan fingerprint density at radius 2 is 2.05 bits per heavy atom. The fraction of sp³-hybridized carbons (Fsp3) is 0.0769. The third-order valence-electron chi connectivity index (χ3n) is 2.75. The number of benzene rings is 1. The normalized spacial score (nSPS) is 10.6. The molecule has 0 atom stereocenters. The quantitative estimate of drug-likeness (QED) is 0.758. The van der Waals surface area contributed by atoms with Crippen molar-refractivity contribution in [2.45, 2.75) is 6.92 Å². The molecular weight excluding hydrogens is 244 g/mol. The number of para-hydroxylation sites is 1. The van der Waals surface area contributed by atoms with E-state index < -0.39 is 0 Å². The number of pyridine rings is 1. The number of nitrogens with one attached hydrogen (secondary N) is 1. The highest BCUT2D eigenvalue weighted by atomic mass is 16.6. The summed E-state index contributed by atoms with van der Waals surface area (Å²) in [6.07, 6.45) is 1.68. The topological polar surface area (TPSA) is 80.9 Å². The van der Waals surface area contributed by atoms with Crippen LogP contribution in [0.1, 0.15) is 16.2 Å². The number of hydrogen-bond acceptors (Lipinski definition) is 5. The Bertz CT molecular complexity index is 746. The smallest absolute Gasteiger partial charge is 0.279 e. The molecule has 0 saturated heterocycles. The van der Waals surface area contributed by atoms with E-state index in [0.717, 1.165) is 10.9 Å². The Kier molecular flexibility index (Phi) is 2.68. The summed E-state index contributed by atoms with van der Waals surface area (Å²) in [4.78, 5) is 16.3. The van der Waals surface area contributed by atoms with Crippen LogP contribution in [-0.4, -0.2) is 21.2 Å². The molecule has 0 spiro atoms. The molecule has 0 saturated carbocycles. The van der Waals surface area contributed by atoms with Crippen LogP contribution in [0, 0.1) is 6.92 Å². The van der Waals surface area contributed by atoms with Gasteiger partial charge in [-0.1, -0.05) is 23.4 Å². The molecule has 0 unspecified atom stereocenters. The van der Waals surface area contributed by atoms with E-state index in [4.69, 9.17) is 0 Å². The van der Waals surface area contributed by atoms with Gasteiger partial charge in [0.25, 0.3) is 5.91 Å². The van der Waals surface area contributed by atoms with Crippen LogP contribution < -0.4 is 5.32 Å². The number of rotatable bonds is 2. The lowest BCUT2D eigenvalue weighted by atomic mass is 10.2. The predicted octanol–water partition coefficient (Wildman–Crippen LogP) is 2.18. The van der Waals surface area contributed by atoms with Crippen LogP contribution in [0.25, 0.3) is 10.9 Å². The number of fused-ring (bicyclic) bond motifs is 1. The van der Waals surface area contributed by atoms with Gasteiger partial charge in [-0.2, -0.15) is 0 Å². The lowest BCUT2D eigenvalue weighted by molar-refractivity contribution is 0.101. The maximum Gasteiger partial charge on any atom is 0.279 e. The summed E-state index contributed by atoms with van der Waals surface area (Å²) >= 11 is 0. The zero-order valence-corrected chi connectivity index (χ0v) is 10.1. The summed E-state index contributed by atoms with van der Waals surface area (Å²) in [5.74, 6) is -0.364. The van der Waals surface area contributed by atoms with Crippen molar-refractivity contribution in [3.8, 4) is 0 Å². The van der Waals surface area contributed by atoms with Crippen molar-refractivity contribution in [2.24, 2.45) is 0 Å². The lowest BCUT2D eigenvalue weighted by Crippen LogP contribution is -2.14. The lowest BCUT2D eigenvalue weighted by Gasteiger charge is -2.06. The van der Waals surface area contributed by atoms with Crippen molar-refractivity contribution in [1.82, 2.24) is 15.3 Å². The van der Waals surface area contributed by atoms with Gasteiger partial charge in [-0.05, 0) is 24.2 Å². The van der Waals surface area contributed by atoms with Gasteiger partial charge in [0.2, 0.25) is 0 Å². The number of carbonyl (C=O) groups excluding carboxylic acids is 1. The summed E-state index contributed by atoms with van der Waals surface area (Å²) in [5.41, 5.74) is 1.98. The minimum Gasteiger partial charge on any atom is -0.319 e. The third kappa shape index (κ3) is 2.03. The molecule has 1 amide bonds. The van der Waals surface area contributed by atoms with Crippen molar-refractivity contribution in [1.29, 1.82) is 0 Å². The van der Waals surface area contributed by atoms with E-state index in [0.29, 0.717) is 11.4 Å². The Balaban J connectivity index is 1.98. The molecule has 6 heteroatoms. The van der Waals surface area contributed by atoms with Gasteiger partial charge in [-0.15, -0.1) is 0 Å². The molecule has 1 N–H and O–H groups in total. The summed E-state index contributed by atoms with van der Waals surface area (Å²) in [7, 11) is 0. The van der Waals surface area contributed by atoms with Crippen molar-refractivity contribution < 1.29 is 9.42 Å². The predicted molar refractivity (Wildman–Crippen MR) is 68.7 cm³/mol. The van der Waals surface area contributed by atoms with Gasteiger partial charge in [-0.3, -0.25) is 9.78 Å². The number of amides is 1. The molecule has 94 valence electrons. The van der Waals surface area contributed by atoms with E-state index in [-0.39, 0.29) is 11.6 Å². The van der Waals surface area contributed by atoms with Gasteiger partial charge in [0.15, 0.2) is 5.69 Å². The highest BCUT2D eigenvalue weighted by Crippen LogP contribution is 2.21. The molecule has 6 nitrogen and oxygen atoms in total. The third-order valence-corrected chi connectivity index (χ3v) is 2.75. The molecule has 3 rings (SSSR count). The summed E-state index contributed by atoms with van der Waals surface area (Å²) < 4.78 is 4.52. The molecule has 0 aliphatic heterocycles. The van der Waals surface area contributed by atoms with Crippen molar-refractivity contribution in [2.75, 3.05) is 5.32 Å². The minimum absolute atomic E-state index is 0.174. The fourth-order valence-electron chi connectivity index (χ4n) is 1.82. The average molecular weight is 254 g/mol. The monoisotopic (exact) mass is 254 g/mol. The first-order valence-corrected chi connectivity index (χ1v) is 5.70. The Labute approximate surface area is 108 Å². The average Bonchev–Trinajstić information content (AvgIpc) is 2.85. The maximum absolute atomic E-state index is 12.0. The Hall–Kier alpha value is -2.76. The number of nitrogens with zero attached hydrogens (tertiary/aromatic N) is 3. The number of aryl methyl sites for hydroxylation is 1. The van der Waals surface area contributed by atoms with Gasteiger partial charge in [0.1, 0.15) is 5.69 Å². The van der Waals surface area contributed by atoms with Crippen LogP contribution in [-0.2, 0) is 0 Å². The molecular formula is C13H10N4O2. The van der Waals surface area contributed by atoms with Gasteiger partial charge >= 0.3 is 0 Å². The van der Waals surface area contributed by atoms with Gasteiger partial charge in [-0.25, -0.2) is 4.63 Å². The van der Waals surface area contributed by atoms with Gasteiger partial charge < -0.3 is 5.32 Å². The van der Waals surface area contributed by atoms with E-state index in [1.165, 1.54) is 0 Å². The largest absolute Gasteiger partial charge is 0.319 e. The van der Waals surface area contributed by atoms with Crippen molar-refractivity contribution >= 4 is 22.5 Å². The van der Waals surface area contributed by atoms with E-state index >= 15 is 0 Å². The fourth-order valence-corrected chi connectivity index (χ4v) is 1.82. The standard InChI is InChI=1S/C13H10N4O2/c1-8-11(17-19-16-8)13(18)15-10-6-2-4-9-5-3-7-14-12(9)10/h2-7H,1H3,(H,15,18). The molecule has 1 aromatic carbocycles. The van der Waals surface area contributed by atoms with E-state index in [1.54, 1.807) is 19.2 Å². The Morgan fingerprint density at radius 1 is 1.21 bits per heavy atom. The van der Waals surface area contributed by atoms with Crippen LogP contribution in [0.15, 0.2) is 41.2 Å². The number of carbonyl (C=O) groups is 1. The second kappa shape index (κ2) is 4.49. The van der Waals surface area contributed by atoms with Crippen molar-refractivity contribution in [3.63, 3.8) is 0 Å². The van der Waals surface area contributed by atoms with Crippen LogP contribution in [0.4, 0.5) is 5.69 Å². The molecule has 0 radical (unpaired) electrons. The van der Waals surface area contributed by atoms with E-state index in [1.807, 2.05) is 24.3 Å². The molecule has 0 fully saturated rings. The van der Waals surface area contributed by atoms with Gasteiger partial charge in [0.05, 0.1) is 11.2 Å². The molecule has 19 heavy (non-hydrogen) atoms. The number of aromatic nitrogens is 3. The molecule has 3 aromatic rings. The first-order chi connectivity index (χ1) is 9.25.